The number of amides is 2. The summed E-state index contributed by atoms with van der Waals surface area (Å²) in [6, 6.07) is 8.57. The molecule has 7 nitrogen and oxygen atoms in total. The van der Waals surface area contributed by atoms with Crippen molar-refractivity contribution in [1.29, 1.82) is 0 Å². The maximum absolute atomic E-state index is 12.0. The molecule has 0 aliphatic heterocycles. The normalized spacial score (nSPS) is 10.7. The quantitative estimate of drug-likeness (QED) is 0.288. The molecule has 8 heteroatoms. The van der Waals surface area contributed by atoms with Crippen LogP contribution >= 0.6 is 11.6 Å². The average molecular weight is 444 g/mol. The van der Waals surface area contributed by atoms with E-state index in [4.69, 9.17) is 16.3 Å². The molecule has 0 bridgehead atoms. The van der Waals surface area contributed by atoms with Crippen molar-refractivity contribution in [2.24, 2.45) is 5.10 Å². The largest absolute Gasteiger partial charge is 0.504 e. The zero-order valence-corrected chi connectivity index (χ0v) is 18.3. The fourth-order valence-electron chi connectivity index (χ4n) is 2.70. The maximum atomic E-state index is 12.0. The standard InChI is InChI=1S/C23H26ClN3O4/c1-4-6-17-11-16(12-20(23(17)30)31-5-2)14-25-27-22(29)10-9-21(28)26-18-8-7-15(3)19(24)13-18/h4,7-8,11-14,30H,1,5-6,9-10H2,2-3H3,(H,26,28)(H,27,29). The van der Waals surface area contributed by atoms with Crippen LogP contribution in [0.15, 0.2) is 48.1 Å². The monoisotopic (exact) mass is 443 g/mol. The first kappa shape index (κ1) is 24.0. The number of halogens is 1. The van der Waals surface area contributed by atoms with Crippen molar-refractivity contribution in [2.45, 2.75) is 33.1 Å². The molecule has 0 aliphatic rings. The van der Waals surface area contributed by atoms with Crippen LogP contribution in [0.5, 0.6) is 11.5 Å². The van der Waals surface area contributed by atoms with E-state index in [9.17, 15) is 14.7 Å². The first-order valence-electron chi connectivity index (χ1n) is 9.81. The molecule has 0 spiro atoms. The predicted molar refractivity (Wildman–Crippen MR) is 123 cm³/mol. The van der Waals surface area contributed by atoms with Crippen LogP contribution < -0.4 is 15.5 Å². The van der Waals surface area contributed by atoms with Gasteiger partial charge in [0.15, 0.2) is 11.5 Å². The molecule has 0 atom stereocenters. The minimum atomic E-state index is -0.400. The van der Waals surface area contributed by atoms with Gasteiger partial charge in [-0.1, -0.05) is 23.7 Å². The summed E-state index contributed by atoms with van der Waals surface area (Å²) >= 11 is 6.04. The molecule has 0 aliphatic carbocycles. The van der Waals surface area contributed by atoms with Gasteiger partial charge in [-0.05, 0) is 55.7 Å². The number of carbonyl (C=O) groups is 2. The minimum absolute atomic E-state index is 0.00400. The molecule has 0 radical (unpaired) electrons. The summed E-state index contributed by atoms with van der Waals surface area (Å²) in [5.41, 5.74) is 5.16. The van der Waals surface area contributed by atoms with E-state index in [0.717, 1.165) is 5.56 Å². The lowest BCUT2D eigenvalue weighted by Gasteiger charge is -2.10. The van der Waals surface area contributed by atoms with E-state index < -0.39 is 5.91 Å². The first-order valence-corrected chi connectivity index (χ1v) is 10.2. The summed E-state index contributed by atoms with van der Waals surface area (Å²) < 4.78 is 5.43. The Labute approximate surface area is 186 Å². The molecule has 0 saturated heterocycles. The van der Waals surface area contributed by atoms with Gasteiger partial charge >= 0.3 is 0 Å². The number of hydrogen-bond donors (Lipinski definition) is 3. The number of phenolic OH excluding ortho intramolecular Hbond substituents is 1. The summed E-state index contributed by atoms with van der Waals surface area (Å²) in [5.74, 6) is -0.303. The van der Waals surface area contributed by atoms with Crippen molar-refractivity contribution in [3.05, 3.63) is 64.7 Å². The second-order valence-electron chi connectivity index (χ2n) is 6.76. The highest BCUT2D eigenvalue weighted by Gasteiger charge is 2.10. The molecule has 2 aromatic rings. The van der Waals surface area contributed by atoms with E-state index in [-0.39, 0.29) is 24.5 Å². The molecular weight excluding hydrogens is 418 g/mol. The van der Waals surface area contributed by atoms with Gasteiger partial charge in [0.1, 0.15) is 0 Å². The zero-order chi connectivity index (χ0) is 22.8. The van der Waals surface area contributed by atoms with E-state index >= 15 is 0 Å². The highest BCUT2D eigenvalue weighted by Crippen LogP contribution is 2.32. The lowest BCUT2D eigenvalue weighted by atomic mass is 10.1. The summed E-state index contributed by atoms with van der Waals surface area (Å²) in [6.07, 6.45) is 3.55. The van der Waals surface area contributed by atoms with Gasteiger partial charge in [0.05, 0.1) is 12.8 Å². The van der Waals surface area contributed by atoms with Gasteiger partial charge in [0.25, 0.3) is 0 Å². The number of carbonyl (C=O) groups excluding carboxylic acids is 2. The van der Waals surface area contributed by atoms with Gasteiger partial charge in [-0.15, -0.1) is 6.58 Å². The number of nitrogens with one attached hydrogen (secondary N) is 2. The molecule has 2 amide bonds. The zero-order valence-electron chi connectivity index (χ0n) is 17.6. The van der Waals surface area contributed by atoms with Gasteiger partial charge < -0.3 is 15.2 Å². The lowest BCUT2D eigenvalue weighted by molar-refractivity contribution is -0.124. The van der Waals surface area contributed by atoms with E-state index in [1.807, 2.05) is 13.8 Å². The van der Waals surface area contributed by atoms with Gasteiger partial charge in [-0.2, -0.15) is 5.10 Å². The Morgan fingerprint density at radius 2 is 1.97 bits per heavy atom. The molecule has 0 unspecified atom stereocenters. The number of anilines is 1. The van der Waals surface area contributed by atoms with Gasteiger partial charge in [-0.25, -0.2) is 5.43 Å². The SMILES string of the molecule is C=CCc1cc(C=NNC(=O)CCC(=O)Nc2ccc(C)c(Cl)c2)cc(OCC)c1O. The van der Waals surface area contributed by atoms with Crippen LogP contribution in [0.25, 0.3) is 0 Å². The van der Waals surface area contributed by atoms with E-state index in [1.54, 1.807) is 36.4 Å². The molecular formula is C23H26ClN3O4. The molecule has 3 N–H and O–H groups in total. The van der Waals surface area contributed by atoms with Crippen molar-refractivity contribution >= 4 is 35.3 Å². The second kappa shape index (κ2) is 11.8. The summed E-state index contributed by atoms with van der Waals surface area (Å²) in [7, 11) is 0. The summed E-state index contributed by atoms with van der Waals surface area (Å²) in [4.78, 5) is 24.0. The van der Waals surface area contributed by atoms with Crippen molar-refractivity contribution in [2.75, 3.05) is 11.9 Å². The Kier molecular flexibility index (Phi) is 9.09. The Hall–Kier alpha value is -3.32. The second-order valence-corrected chi connectivity index (χ2v) is 7.17. The highest BCUT2D eigenvalue weighted by molar-refractivity contribution is 6.31. The van der Waals surface area contributed by atoms with E-state index in [1.165, 1.54) is 6.21 Å². The van der Waals surface area contributed by atoms with E-state index in [2.05, 4.69) is 22.4 Å². The summed E-state index contributed by atoms with van der Waals surface area (Å²) in [5, 5.41) is 17.4. The Bertz CT molecular complexity index is 989. The number of phenols is 1. The number of rotatable bonds is 10. The van der Waals surface area contributed by atoms with Crippen molar-refractivity contribution in [1.82, 2.24) is 5.43 Å². The Morgan fingerprint density at radius 1 is 1.23 bits per heavy atom. The Balaban J connectivity index is 1.89. The lowest BCUT2D eigenvalue weighted by Crippen LogP contribution is -2.20. The molecule has 0 saturated carbocycles. The van der Waals surface area contributed by atoms with Gasteiger partial charge in [0, 0.05) is 29.1 Å². The molecule has 2 rings (SSSR count). The number of benzene rings is 2. The van der Waals surface area contributed by atoms with Gasteiger partial charge in [0.2, 0.25) is 11.8 Å². The predicted octanol–water partition coefficient (Wildman–Crippen LogP) is 4.35. The van der Waals surface area contributed by atoms with Crippen molar-refractivity contribution < 1.29 is 19.4 Å². The number of aryl methyl sites for hydroxylation is 1. The fraction of sp³-hybridized carbons (Fsp3) is 0.261. The number of nitrogens with zero attached hydrogens (tertiary/aromatic N) is 1. The third-order valence-corrected chi connectivity index (χ3v) is 4.69. The van der Waals surface area contributed by atoms with Crippen LogP contribution in [-0.4, -0.2) is 29.7 Å². The number of aromatic hydroxyl groups is 1. The van der Waals surface area contributed by atoms with Crippen molar-refractivity contribution in [3.63, 3.8) is 0 Å². The van der Waals surface area contributed by atoms with Crippen molar-refractivity contribution in [3.8, 4) is 11.5 Å². The van der Waals surface area contributed by atoms with Crippen LogP contribution in [0, 0.1) is 6.92 Å². The molecule has 0 heterocycles. The van der Waals surface area contributed by atoms with Crippen LogP contribution in [0.1, 0.15) is 36.5 Å². The van der Waals surface area contributed by atoms with Crippen LogP contribution in [0.4, 0.5) is 5.69 Å². The number of hydrogen-bond acceptors (Lipinski definition) is 5. The number of allylic oxidation sites excluding steroid dienone is 1. The molecule has 0 fully saturated rings. The topological polar surface area (TPSA) is 100 Å². The van der Waals surface area contributed by atoms with Crippen LogP contribution in [0.2, 0.25) is 5.02 Å². The third-order valence-electron chi connectivity index (χ3n) is 4.28. The first-order chi connectivity index (χ1) is 14.8. The maximum Gasteiger partial charge on any atom is 0.240 e. The number of ether oxygens (including phenoxy) is 1. The third kappa shape index (κ3) is 7.46. The number of hydrazone groups is 1. The minimum Gasteiger partial charge on any atom is -0.504 e. The fourth-order valence-corrected chi connectivity index (χ4v) is 2.88. The Morgan fingerprint density at radius 3 is 2.65 bits per heavy atom. The molecule has 31 heavy (non-hydrogen) atoms. The van der Waals surface area contributed by atoms with Crippen LogP contribution in [-0.2, 0) is 16.0 Å². The smallest absolute Gasteiger partial charge is 0.240 e. The molecule has 164 valence electrons. The molecule has 0 aromatic heterocycles. The van der Waals surface area contributed by atoms with Gasteiger partial charge in [-0.3, -0.25) is 9.59 Å². The molecule has 2 aromatic carbocycles. The summed E-state index contributed by atoms with van der Waals surface area (Å²) in [6.45, 7) is 7.76. The van der Waals surface area contributed by atoms with E-state index in [0.29, 0.717) is 40.6 Å². The average Bonchev–Trinajstić information content (AvgIpc) is 2.73. The van der Waals surface area contributed by atoms with Crippen LogP contribution in [0.3, 0.4) is 0 Å². The highest BCUT2D eigenvalue weighted by atomic mass is 35.5.